The number of carbonyl (C=O) groups excluding carboxylic acids is 1. The van der Waals surface area contributed by atoms with E-state index in [1.807, 2.05) is 27.8 Å². The largest absolute Gasteiger partial charge is 0.465 e. The van der Waals surface area contributed by atoms with Crippen molar-refractivity contribution in [2.45, 2.75) is 40.2 Å². The third kappa shape index (κ3) is 6.03. The Morgan fingerprint density at radius 1 is 1.41 bits per heavy atom. The number of likely N-dealkylation sites (N-methyl/N-ethyl adjacent to an activating group) is 2. The highest BCUT2D eigenvalue weighted by Crippen LogP contribution is 2.10. The lowest BCUT2D eigenvalue weighted by Crippen LogP contribution is -2.57. The summed E-state index contributed by atoms with van der Waals surface area (Å²) < 4.78 is 5.14. The zero-order chi connectivity index (χ0) is 13.5. The summed E-state index contributed by atoms with van der Waals surface area (Å²) >= 11 is 0. The van der Waals surface area contributed by atoms with Crippen LogP contribution in [0.5, 0.6) is 0 Å². The van der Waals surface area contributed by atoms with Crippen LogP contribution >= 0.6 is 0 Å². The molecule has 0 bridgehead atoms. The van der Waals surface area contributed by atoms with Gasteiger partial charge in [-0.2, -0.15) is 0 Å². The summed E-state index contributed by atoms with van der Waals surface area (Å²) in [6, 6.07) is 0. The van der Waals surface area contributed by atoms with Crippen LogP contribution in [0.1, 0.15) is 34.6 Å². The van der Waals surface area contributed by atoms with Crippen LogP contribution in [0.2, 0.25) is 0 Å². The number of esters is 1. The molecule has 1 atom stereocenters. The SMILES string of the molecule is CCNC(C)(CN(C)CC(C)C)C(=O)OCC. The maximum atomic E-state index is 12.0. The first-order valence-electron chi connectivity index (χ1n) is 6.46. The van der Waals surface area contributed by atoms with E-state index in [0.29, 0.717) is 19.1 Å². The van der Waals surface area contributed by atoms with E-state index in [1.165, 1.54) is 0 Å². The van der Waals surface area contributed by atoms with Crippen molar-refractivity contribution in [3.8, 4) is 0 Å². The van der Waals surface area contributed by atoms with Crippen LogP contribution in [0.4, 0.5) is 0 Å². The molecule has 0 saturated carbocycles. The van der Waals surface area contributed by atoms with E-state index < -0.39 is 5.54 Å². The summed E-state index contributed by atoms with van der Waals surface area (Å²) in [4.78, 5) is 14.1. The van der Waals surface area contributed by atoms with Crippen LogP contribution < -0.4 is 5.32 Å². The maximum Gasteiger partial charge on any atom is 0.327 e. The molecule has 0 aliphatic rings. The van der Waals surface area contributed by atoms with Crippen molar-refractivity contribution in [1.29, 1.82) is 0 Å². The summed E-state index contributed by atoms with van der Waals surface area (Å²) in [7, 11) is 2.04. The highest BCUT2D eigenvalue weighted by atomic mass is 16.5. The molecule has 1 N–H and O–H groups in total. The minimum absolute atomic E-state index is 0.169. The van der Waals surface area contributed by atoms with Crippen molar-refractivity contribution < 1.29 is 9.53 Å². The monoisotopic (exact) mass is 244 g/mol. The summed E-state index contributed by atoms with van der Waals surface area (Å²) in [5.41, 5.74) is -0.617. The van der Waals surface area contributed by atoms with Gasteiger partial charge in [0.15, 0.2) is 0 Å². The van der Waals surface area contributed by atoms with Crippen LogP contribution in [-0.2, 0) is 9.53 Å². The smallest absolute Gasteiger partial charge is 0.327 e. The number of rotatable bonds is 8. The molecule has 17 heavy (non-hydrogen) atoms. The zero-order valence-corrected chi connectivity index (χ0v) is 12.2. The third-order valence-corrected chi connectivity index (χ3v) is 2.56. The van der Waals surface area contributed by atoms with Crippen LogP contribution in [0, 0.1) is 5.92 Å². The fourth-order valence-corrected chi connectivity index (χ4v) is 2.10. The lowest BCUT2D eigenvalue weighted by atomic mass is 10.0. The van der Waals surface area contributed by atoms with E-state index in [0.717, 1.165) is 13.1 Å². The quantitative estimate of drug-likeness (QED) is 0.657. The summed E-state index contributed by atoms with van der Waals surface area (Å²) in [5.74, 6) is 0.422. The first kappa shape index (κ1) is 16.4. The number of hydrogen-bond donors (Lipinski definition) is 1. The van der Waals surface area contributed by atoms with Gasteiger partial charge < -0.3 is 15.0 Å². The standard InChI is InChI=1S/C13H28N2O2/c1-7-14-13(5,12(16)17-8-2)10-15(6)9-11(3)4/h11,14H,7-10H2,1-6H3. The Labute approximate surface area is 106 Å². The molecular weight excluding hydrogens is 216 g/mol. The third-order valence-electron chi connectivity index (χ3n) is 2.56. The van der Waals surface area contributed by atoms with Gasteiger partial charge in [-0.15, -0.1) is 0 Å². The molecular formula is C13H28N2O2. The molecule has 0 amide bonds. The Kier molecular flexibility index (Phi) is 7.39. The molecule has 0 heterocycles. The van der Waals surface area contributed by atoms with Crippen molar-refractivity contribution in [2.75, 3.05) is 33.3 Å². The fourth-order valence-electron chi connectivity index (χ4n) is 2.10. The first-order valence-corrected chi connectivity index (χ1v) is 6.46. The number of hydrogen-bond acceptors (Lipinski definition) is 4. The topological polar surface area (TPSA) is 41.6 Å². The first-order chi connectivity index (χ1) is 7.85. The van der Waals surface area contributed by atoms with Gasteiger partial charge in [0.25, 0.3) is 0 Å². The second kappa shape index (κ2) is 7.67. The van der Waals surface area contributed by atoms with E-state index in [-0.39, 0.29) is 5.97 Å². The molecule has 4 heteroatoms. The van der Waals surface area contributed by atoms with Gasteiger partial charge >= 0.3 is 5.97 Å². The lowest BCUT2D eigenvalue weighted by Gasteiger charge is -2.33. The van der Waals surface area contributed by atoms with Gasteiger partial charge in [0.05, 0.1) is 6.61 Å². The van der Waals surface area contributed by atoms with E-state index in [1.54, 1.807) is 0 Å². The second-order valence-corrected chi connectivity index (χ2v) is 5.17. The number of nitrogens with zero attached hydrogens (tertiary/aromatic N) is 1. The number of nitrogens with one attached hydrogen (secondary N) is 1. The molecule has 0 rings (SSSR count). The predicted molar refractivity (Wildman–Crippen MR) is 71.0 cm³/mol. The number of carbonyl (C=O) groups is 1. The Hall–Kier alpha value is -0.610. The second-order valence-electron chi connectivity index (χ2n) is 5.17. The average molecular weight is 244 g/mol. The molecule has 102 valence electrons. The molecule has 0 aromatic carbocycles. The molecule has 0 aliphatic heterocycles. The van der Waals surface area contributed by atoms with Gasteiger partial charge in [0.1, 0.15) is 5.54 Å². The van der Waals surface area contributed by atoms with Crippen LogP contribution in [-0.4, -0.2) is 49.7 Å². The van der Waals surface area contributed by atoms with Gasteiger partial charge in [-0.1, -0.05) is 20.8 Å². The molecule has 4 nitrogen and oxygen atoms in total. The zero-order valence-electron chi connectivity index (χ0n) is 12.2. The van der Waals surface area contributed by atoms with Gasteiger partial charge in [0, 0.05) is 13.1 Å². The molecule has 0 aromatic heterocycles. The Morgan fingerprint density at radius 2 is 2.00 bits per heavy atom. The lowest BCUT2D eigenvalue weighted by molar-refractivity contribution is -0.151. The minimum Gasteiger partial charge on any atom is -0.465 e. The highest BCUT2D eigenvalue weighted by molar-refractivity contribution is 5.80. The van der Waals surface area contributed by atoms with Crippen molar-refractivity contribution in [1.82, 2.24) is 10.2 Å². The van der Waals surface area contributed by atoms with E-state index >= 15 is 0 Å². The Bertz CT molecular complexity index is 231. The molecule has 0 fully saturated rings. The molecule has 0 spiro atoms. The highest BCUT2D eigenvalue weighted by Gasteiger charge is 2.34. The molecule has 1 unspecified atom stereocenters. The summed E-state index contributed by atoms with van der Waals surface area (Å²) in [6.45, 7) is 12.9. The summed E-state index contributed by atoms with van der Waals surface area (Å²) in [6.07, 6.45) is 0. The van der Waals surface area contributed by atoms with E-state index in [2.05, 4.69) is 24.1 Å². The average Bonchev–Trinajstić information content (AvgIpc) is 2.16. The van der Waals surface area contributed by atoms with Crippen LogP contribution in [0.25, 0.3) is 0 Å². The Balaban J connectivity index is 4.53. The van der Waals surface area contributed by atoms with Crippen LogP contribution in [0.3, 0.4) is 0 Å². The molecule has 0 aromatic rings. The Morgan fingerprint density at radius 3 is 2.41 bits per heavy atom. The molecule has 0 aliphatic carbocycles. The van der Waals surface area contributed by atoms with Crippen molar-refractivity contribution in [2.24, 2.45) is 5.92 Å². The fraction of sp³-hybridized carbons (Fsp3) is 0.923. The predicted octanol–water partition coefficient (Wildman–Crippen LogP) is 1.51. The van der Waals surface area contributed by atoms with Crippen molar-refractivity contribution >= 4 is 5.97 Å². The van der Waals surface area contributed by atoms with Crippen molar-refractivity contribution in [3.63, 3.8) is 0 Å². The maximum absolute atomic E-state index is 12.0. The summed E-state index contributed by atoms with van der Waals surface area (Å²) in [5, 5.41) is 3.23. The van der Waals surface area contributed by atoms with Crippen molar-refractivity contribution in [3.05, 3.63) is 0 Å². The normalized spacial score (nSPS) is 15.1. The van der Waals surface area contributed by atoms with Gasteiger partial charge in [0.2, 0.25) is 0 Å². The molecule has 0 saturated heterocycles. The van der Waals surface area contributed by atoms with Crippen LogP contribution in [0.15, 0.2) is 0 Å². The molecule has 0 radical (unpaired) electrons. The van der Waals surface area contributed by atoms with Gasteiger partial charge in [-0.05, 0) is 33.4 Å². The van der Waals surface area contributed by atoms with E-state index in [4.69, 9.17) is 4.74 Å². The van der Waals surface area contributed by atoms with Gasteiger partial charge in [-0.25, -0.2) is 0 Å². The number of ether oxygens (including phenoxy) is 1. The van der Waals surface area contributed by atoms with E-state index in [9.17, 15) is 4.79 Å². The minimum atomic E-state index is -0.617. The van der Waals surface area contributed by atoms with Gasteiger partial charge in [-0.3, -0.25) is 4.79 Å².